The van der Waals surface area contributed by atoms with Crippen molar-refractivity contribution in [1.82, 2.24) is 9.88 Å². The molecule has 3 N–H and O–H groups in total. The Labute approximate surface area is 185 Å². The molecule has 32 heavy (non-hydrogen) atoms. The summed E-state index contributed by atoms with van der Waals surface area (Å²) in [5.74, 6) is -0.305. The molecule has 1 saturated heterocycles. The summed E-state index contributed by atoms with van der Waals surface area (Å²) in [6, 6.07) is 5.69. The fraction of sp³-hybridized carbons (Fsp3) is 0.455. The van der Waals surface area contributed by atoms with Crippen LogP contribution >= 0.6 is 0 Å². The standard InChI is InChI=1S/C22H28FN3O6/c1-14(2)31-22(29)26-9-6-15(7-10-26)32-19-5-8-24-21(20(19)28)25-18-4-3-16(13-17(18)23)30-12-11-27/h3-5,8,13-15,27-28H,6-7,9-12H2,1-2H3,(H,24,25). The average molecular weight is 449 g/mol. The zero-order valence-electron chi connectivity index (χ0n) is 18.1. The maximum absolute atomic E-state index is 14.4. The number of rotatable bonds is 8. The predicted molar refractivity (Wildman–Crippen MR) is 115 cm³/mol. The molecular formula is C22H28FN3O6. The molecule has 2 heterocycles. The van der Waals surface area contributed by atoms with Gasteiger partial charge in [-0.25, -0.2) is 14.2 Å². The van der Waals surface area contributed by atoms with Crippen molar-refractivity contribution in [2.24, 2.45) is 0 Å². The number of hydrogen-bond donors (Lipinski definition) is 3. The van der Waals surface area contributed by atoms with Crippen LogP contribution in [0.5, 0.6) is 17.2 Å². The second-order valence-electron chi connectivity index (χ2n) is 7.58. The van der Waals surface area contributed by atoms with E-state index in [9.17, 15) is 14.3 Å². The number of aliphatic hydroxyl groups excluding tert-OH is 1. The summed E-state index contributed by atoms with van der Waals surface area (Å²) < 4.78 is 30.7. The number of nitrogens with zero attached hydrogens (tertiary/aromatic N) is 2. The van der Waals surface area contributed by atoms with E-state index in [1.54, 1.807) is 18.7 Å². The van der Waals surface area contributed by atoms with Gasteiger partial charge in [0.15, 0.2) is 11.6 Å². The highest BCUT2D eigenvalue weighted by molar-refractivity contribution is 5.68. The molecule has 0 saturated carbocycles. The number of hydrogen-bond acceptors (Lipinski definition) is 8. The summed E-state index contributed by atoms with van der Waals surface area (Å²) in [7, 11) is 0. The van der Waals surface area contributed by atoms with Gasteiger partial charge in [-0.05, 0) is 26.0 Å². The molecule has 174 valence electrons. The van der Waals surface area contributed by atoms with Crippen LogP contribution in [0, 0.1) is 5.82 Å². The number of nitrogens with one attached hydrogen (secondary N) is 1. The summed E-state index contributed by atoms with van der Waals surface area (Å²) in [4.78, 5) is 17.7. The lowest BCUT2D eigenvalue weighted by Crippen LogP contribution is -2.42. The monoisotopic (exact) mass is 449 g/mol. The molecule has 1 aromatic heterocycles. The number of anilines is 2. The van der Waals surface area contributed by atoms with Crippen molar-refractivity contribution in [2.45, 2.75) is 38.9 Å². The third-order valence-corrected chi connectivity index (χ3v) is 4.77. The third kappa shape index (κ3) is 6.13. The normalized spacial score (nSPS) is 14.3. The topological polar surface area (TPSA) is 113 Å². The van der Waals surface area contributed by atoms with Gasteiger partial charge in [0.1, 0.15) is 24.3 Å². The average Bonchev–Trinajstić information content (AvgIpc) is 2.76. The number of piperidine rings is 1. The van der Waals surface area contributed by atoms with Crippen LogP contribution in [0.1, 0.15) is 26.7 Å². The Kier molecular flexibility index (Phi) is 7.93. The molecule has 0 unspecified atom stereocenters. The van der Waals surface area contributed by atoms with E-state index in [1.165, 1.54) is 30.5 Å². The SMILES string of the molecule is CC(C)OC(=O)N1CCC(Oc2ccnc(Nc3ccc(OCCO)cc3F)c2O)CC1. The van der Waals surface area contributed by atoms with Gasteiger partial charge in [0.2, 0.25) is 5.75 Å². The quantitative estimate of drug-likeness (QED) is 0.562. The Morgan fingerprint density at radius 1 is 1.31 bits per heavy atom. The number of amides is 1. The van der Waals surface area contributed by atoms with E-state index in [2.05, 4.69) is 10.3 Å². The van der Waals surface area contributed by atoms with E-state index < -0.39 is 5.82 Å². The highest BCUT2D eigenvalue weighted by Crippen LogP contribution is 2.36. The minimum atomic E-state index is -0.603. The molecule has 0 radical (unpaired) electrons. The van der Waals surface area contributed by atoms with Gasteiger partial charge in [-0.2, -0.15) is 0 Å². The maximum Gasteiger partial charge on any atom is 0.410 e. The number of benzene rings is 1. The molecule has 0 atom stereocenters. The van der Waals surface area contributed by atoms with Crippen molar-refractivity contribution < 1.29 is 33.6 Å². The molecule has 0 bridgehead atoms. The summed E-state index contributed by atoms with van der Waals surface area (Å²) in [6.07, 6.45) is 1.91. The molecule has 9 nitrogen and oxygen atoms in total. The third-order valence-electron chi connectivity index (χ3n) is 4.77. The van der Waals surface area contributed by atoms with E-state index >= 15 is 0 Å². The lowest BCUT2D eigenvalue weighted by Gasteiger charge is -2.32. The first-order chi connectivity index (χ1) is 15.4. The van der Waals surface area contributed by atoms with Crippen LogP contribution in [0.4, 0.5) is 20.7 Å². The number of likely N-dealkylation sites (tertiary alicyclic amines) is 1. The molecule has 1 amide bonds. The van der Waals surface area contributed by atoms with E-state index in [0.29, 0.717) is 25.9 Å². The van der Waals surface area contributed by atoms with E-state index in [4.69, 9.17) is 19.3 Å². The van der Waals surface area contributed by atoms with Crippen LogP contribution in [0.2, 0.25) is 0 Å². The van der Waals surface area contributed by atoms with Crippen molar-refractivity contribution in [1.29, 1.82) is 0 Å². The first-order valence-electron chi connectivity index (χ1n) is 10.5. The Hall–Kier alpha value is -3.27. The van der Waals surface area contributed by atoms with Crippen molar-refractivity contribution in [3.8, 4) is 17.2 Å². The lowest BCUT2D eigenvalue weighted by molar-refractivity contribution is 0.0511. The number of carbonyl (C=O) groups excluding carboxylic acids is 1. The van der Waals surface area contributed by atoms with Crippen LogP contribution in [0.15, 0.2) is 30.5 Å². The minimum absolute atomic E-state index is 0.0448. The molecule has 10 heteroatoms. The van der Waals surface area contributed by atoms with E-state index in [-0.39, 0.29) is 60.3 Å². The number of ether oxygens (including phenoxy) is 3. The van der Waals surface area contributed by atoms with Crippen molar-refractivity contribution >= 4 is 17.6 Å². The van der Waals surface area contributed by atoms with Crippen LogP contribution < -0.4 is 14.8 Å². The summed E-state index contributed by atoms with van der Waals surface area (Å²) in [6.45, 7) is 4.47. The van der Waals surface area contributed by atoms with Gasteiger partial charge in [-0.3, -0.25) is 0 Å². The number of carbonyl (C=O) groups is 1. The summed E-state index contributed by atoms with van der Waals surface area (Å²) in [5, 5.41) is 22.1. The predicted octanol–water partition coefficient (Wildman–Crippen LogP) is 3.43. The molecule has 1 fully saturated rings. The van der Waals surface area contributed by atoms with Crippen LogP contribution in [0.3, 0.4) is 0 Å². The number of aromatic nitrogens is 1. The highest BCUT2D eigenvalue weighted by atomic mass is 19.1. The van der Waals surface area contributed by atoms with Crippen molar-refractivity contribution in [2.75, 3.05) is 31.6 Å². The first-order valence-corrected chi connectivity index (χ1v) is 10.5. The van der Waals surface area contributed by atoms with Crippen molar-refractivity contribution in [3.63, 3.8) is 0 Å². The number of halogens is 1. The van der Waals surface area contributed by atoms with Crippen LogP contribution in [0.25, 0.3) is 0 Å². The zero-order valence-corrected chi connectivity index (χ0v) is 18.1. The Morgan fingerprint density at radius 2 is 2.06 bits per heavy atom. The molecule has 1 aliphatic heterocycles. The fourth-order valence-corrected chi connectivity index (χ4v) is 3.21. The van der Waals surface area contributed by atoms with Gasteiger partial charge in [0, 0.05) is 44.3 Å². The molecule has 0 spiro atoms. The Bertz CT molecular complexity index is 919. The van der Waals surface area contributed by atoms with Gasteiger partial charge in [0.05, 0.1) is 18.4 Å². The number of aliphatic hydroxyl groups is 1. The smallest absolute Gasteiger partial charge is 0.410 e. The van der Waals surface area contributed by atoms with Crippen LogP contribution in [-0.4, -0.2) is 64.7 Å². The number of pyridine rings is 1. The summed E-state index contributed by atoms with van der Waals surface area (Å²) >= 11 is 0. The Morgan fingerprint density at radius 3 is 2.72 bits per heavy atom. The zero-order chi connectivity index (χ0) is 23.1. The Balaban J connectivity index is 1.61. The van der Waals surface area contributed by atoms with Gasteiger partial charge in [-0.1, -0.05) is 0 Å². The molecule has 1 aromatic carbocycles. The van der Waals surface area contributed by atoms with E-state index in [1.807, 2.05) is 0 Å². The van der Waals surface area contributed by atoms with Gasteiger partial charge in [0.25, 0.3) is 0 Å². The maximum atomic E-state index is 14.4. The highest BCUT2D eigenvalue weighted by Gasteiger charge is 2.26. The second-order valence-corrected chi connectivity index (χ2v) is 7.58. The molecule has 2 aromatic rings. The molecule has 1 aliphatic rings. The van der Waals surface area contributed by atoms with Gasteiger partial charge >= 0.3 is 6.09 Å². The lowest BCUT2D eigenvalue weighted by atomic mass is 10.1. The largest absolute Gasteiger partial charge is 0.502 e. The minimum Gasteiger partial charge on any atom is -0.502 e. The van der Waals surface area contributed by atoms with Crippen LogP contribution in [-0.2, 0) is 4.74 Å². The first kappa shape index (κ1) is 23.4. The second kappa shape index (κ2) is 10.9. The summed E-state index contributed by atoms with van der Waals surface area (Å²) in [5.41, 5.74) is 0.0956. The fourth-order valence-electron chi connectivity index (χ4n) is 3.21. The molecular weight excluding hydrogens is 421 g/mol. The number of aromatic hydroxyl groups is 1. The van der Waals surface area contributed by atoms with Gasteiger partial charge in [-0.15, -0.1) is 0 Å². The van der Waals surface area contributed by atoms with Crippen molar-refractivity contribution in [3.05, 3.63) is 36.3 Å². The molecule has 3 rings (SSSR count). The van der Waals surface area contributed by atoms with E-state index in [0.717, 1.165) is 0 Å². The van der Waals surface area contributed by atoms with Gasteiger partial charge < -0.3 is 34.6 Å². The molecule has 0 aliphatic carbocycles.